The summed E-state index contributed by atoms with van der Waals surface area (Å²) in [5, 5.41) is 10.7. The number of rotatable bonds is 3. The van der Waals surface area contributed by atoms with Gasteiger partial charge in [-0.25, -0.2) is 4.98 Å². The van der Waals surface area contributed by atoms with Crippen LogP contribution in [0.2, 0.25) is 0 Å². The number of nitrogens with zero attached hydrogens (tertiary/aromatic N) is 3. The summed E-state index contributed by atoms with van der Waals surface area (Å²) in [4.78, 5) is 16.1. The number of pyridine rings is 1. The number of hydrogen-bond donors (Lipinski definition) is 0. The average molecular weight is 353 g/mol. The highest BCUT2D eigenvalue weighted by Crippen LogP contribution is 2.31. The summed E-state index contributed by atoms with van der Waals surface area (Å²) in [5.74, 6) is 0.561. The maximum absolute atomic E-state index is 12.6. The van der Waals surface area contributed by atoms with Crippen LogP contribution in [0.4, 0.5) is 24.7 Å². The summed E-state index contributed by atoms with van der Waals surface area (Å²) >= 11 is 0. The number of aromatic nitrogens is 1. The highest BCUT2D eigenvalue weighted by Gasteiger charge is 2.31. The van der Waals surface area contributed by atoms with E-state index in [1.54, 1.807) is 6.07 Å². The lowest BCUT2D eigenvalue weighted by Gasteiger charge is -2.34. The van der Waals surface area contributed by atoms with E-state index >= 15 is 0 Å². The first kappa shape index (κ1) is 17.2. The van der Waals surface area contributed by atoms with Crippen molar-refractivity contribution in [2.75, 3.05) is 24.6 Å². The zero-order chi connectivity index (χ0) is 18.0. The van der Waals surface area contributed by atoms with Gasteiger partial charge in [0.25, 0.3) is 5.69 Å². The molecule has 2 aromatic rings. The standard InChI is InChI=1S/C16H14F3N3O3/c17-16(18,19)12-3-1-11(2-4-12)14-10-21(7-8-25-14)15-6-5-13(9-20-15)22(23)24/h1-6,9,14H,7-8,10H2. The van der Waals surface area contributed by atoms with Crippen molar-refractivity contribution in [1.82, 2.24) is 4.98 Å². The van der Waals surface area contributed by atoms with Crippen LogP contribution in [0.1, 0.15) is 17.2 Å². The SMILES string of the molecule is O=[N+]([O-])c1ccc(N2CCOC(c3ccc(C(F)(F)F)cc3)C2)nc1. The molecule has 0 radical (unpaired) electrons. The first-order chi connectivity index (χ1) is 11.8. The summed E-state index contributed by atoms with van der Waals surface area (Å²) in [5.41, 5.74) is -0.170. The fourth-order valence-corrected chi connectivity index (χ4v) is 2.62. The van der Waals surface area contributed by atoms with Crippen molar-refractivity contribution < 1.29 is 22.8 Å². The molecule has 0 aliphatic carbocycles. The van der Waals surface area contributed by atoms with Gasteiger partial charge in [0.2, 0.25) is 0 Å². The van der Waals surface area contributed by atoms with Crippen LogP contribution in [-0.4, -0.2) is 29.6 Å². The number of morpholine rings is 1. The van der Waals surface area contributed by atoms with Gasteiger partial charge in [0.15, 0.2) is 0 Å². The molecule has 1 atom stereocenters. The van der Waals surface area contributed by atoms with Crippen LogP contribution in [0.5, 0.6) is 0 Å². The molecular weight excluding hydrogens is 339 g/mol. The molecular formula is C16H14F3N3O3. The number of ether oxygens (including phenoxy) is 1. The normalized spacial score (nSPS) is 18.2. The number of nitro groups is 1. The number of alkyl halides is 3. The highest BCUT2D eigenvalue weighted by atomic mass is 19.4. The second-order valence-electron chi connectivity index (χ2n) is 5.56. The summed E-state index contributed by atoms with van der Waals surface area (Å²) < 4.78 is 43.6. The van der Waals surface area contributed by atoms with Gasteiger partial charge in [0.05, 0.1) is 17.1 Å². The van der Waals surface area contributed by atoms with E-state index in [1.165, 1.54) is 24.4 Å². The minimum absolute atomic E-state index is 0.101. The minimum Gasteiger partial charge on any atom is -0.370 e. The van der Waals surface area contributed by atoms with Crippen molar-refractivity contribution in [1.29, 1.82) is 0 Å². The molecule has 0 bridgehead atoms. The van der Waals surface area contributed by atoms with Gasteiger partial charge in [0, 0.05) is 19.2 Å². The Kier molecular flexibility index (Phi) is 4.58. The van der Waals surface area contributed by atoms with Gasteiger partial charge >= 0.3 is 6.18 Å². The van der Waals surface area contributed by atoms with E-state index in [4.69, 9.17) is 4.74 Å². The smallest absolute Gasteiger partial charge is 0.370 e. The van der Waals surface area contributed by atoms with Crippen LogP contribution < -0.4 is 4.90 Å². The molecule has 1 aromatic heterocycles. The number of benzene rings is 1. The van der Waals surface area contributed by atoms with Gasteiger partial charge in [0.1, 0.15) is 18.1 Å². The molecule has 0 spiro atoms. The van der Waals surface area contributed by atoms with E-state index in [0.717, 1.165) is 12.1 Å². The molecule has 25 heavy (non-hydrogen) atoms. The Labute approximate surface area is 141 Å². The Morgan fingerprint density at radius 1 is 1.20 bits per heavy atom. The summed E-state index contributed by atoms with van der Waals surface area (Å²) in [7, 11) is 0. The molecule has 1 aliphatic rings. The van der Waals surface area contributed by atoms with Gasteiger partial charge in [-0.15, -0.1) is 0 Å². The summed E-state index contributed by atoms with van der Waals surface area (Å²) in [6, 6.07) is 7.78. The molecule has 1 aliphatic heterocycles. The Morgan fingerprint density at radius 3 is 2.48 bits per heavy atom. The van der Waals surface area contributed by atoms with Crippen molar-refractivity contribution in [3.8, 4) is 0 Å². The van der Waals surface area contributed by atoms with Crippen molar-refractivity contribution in [2.45, 2.75) is 12.3 Å². The van der Waals surface area contributed by atoms with Crippen molar-refractivity contribution >= 4 is 11.5 Å². The zero-order valence-corrected chi connectivity index (χ0v) is 12.9. The highest BCUT2D eigenvalue weighted by molar-refractivity contribution is 5.44. The molecule has 3 rings (SSSR count). The van der Waals surface area contributed by atoms with Crippen LogP contribution in [-0.2, 0) is 10.9 Å². The van der Waals surface area contributed by atoms with Crippen LogP contribution in [0.15, 0.2) is 42.6 Å². The predicted octanol–water partition coefficient (Wildman–Crippen LogP) is 3.59. The molecule has 6 nitrogen and oxygen atoms in total. The molecule has 1 aromatic carbocycles. The van der Waals surface area contributed by atoms with Crippen molar-refractivity contribution in [3.05, 3.63) is 63.8 Å². The lowest BCUT2D eigenvalue weighted by atomic mass is 10.1. The quantitative estimate of drug-likeness (QED) is 0.623. The lowest BCUT2D eigenvalue weighted by Crippen LogP contribution is -2.38. The Bertz CT molecular complexity index is 748. The van der Waals surface area contributed by atoms with Crippen LogP contribution in [0.25, 0.3) is 0 Å². The largest absolute Gasteiger partial charge is 0.416 e. The Balaban J connectivity index is 1.73. The van der Waals surface area contributed by atoms with E-state index in [9.17, 15) is 23.3 Å². The molecule has 1 unspecified atom stereocenters. The fourth-order valence-electron chi connectivity index (χ4n) is 2.62. The molecule has 132 valence electrons. The monoisotopic (exact) mass is 353 g/mol. The third-order valence-electron chi connectivity index (χ3n) is 3.94. The van der Waals surface area contributed by atoms with E-state index in [-0.39, 0.29) is 5.69 Å². The fraction of sp³-hybridized carbons (Fsp3) is 0.312. The number of halogens is 3. The Morgan fingerprint density at radius 2 is 1.92 bits per heavy atom. The second-order valence-corrected chi connectivity index (χ2v) is 5.56. The molecule has 0 amide bonds. The maximum atomic E-state index is 12.6. The molecule has 0 N–H and O–H groups in total. The maximum Gasteiger partial charge on any atom is 0.416 e. The first-order valence-electron chi connectivity index (χ1n) is 7.49. The first-order valence-corrected chi connectivity index (χ1v) is 7.49. The second kappa shape index (κ2) is 6.67. The molecule has 1 fully saturated rings. The van der Waals surface area contributed by atoms with Crippen molar-refractivity contribution in [2.24, 2.45) is 0 Å². The van der Waals surface area contributed by atoms with E-state index in [2.05, 4.69) is 4.98 Å². The van der Waals surface area contributed by atoms with Crippen LogP contribution >= 0.6 is 0 Å². The van der Waals surface area contributed by atoms with E-state index in [1.807, 2.05) is 4.90 Å². The average Bonchev–Trinajstić information content (AvgIpc) is 2.61. The molecule has 9 heteroatoms. The zero-order valence-electron chi connectivity index (χ0n) is 12.9. The third-order valence-corrected chi connectivity index (χ3v) is 3.94. The van der Waals surface area contributed by atoms with Crippen LogP contribution in [0.3, 0.4) is 0 Å². The topological polar surface area (TPSA) is 68.5 Å². The van der Waals surface area contributed by atoms with E-state index < -0.39 is 22.8 Å². The predicted molar refractivity (Wildman–Crippen MR) is 83.2 cm³/mol. The van der Waals surface area contributed by atoms with Gasteiger partial charge in [-0.2, -0.15) is 13.2 Å². The van der Waals surface area contributed by atoms with E-state index in [0.29, 0.717) is 31.1 Å². The minimum atomic E-state index is -4.37. The van der Waals surface area contributed by atoms with Gasteiger partial charge < -0.3 is 9.64 Å². The van der Waals surface area contributed by atoms with Gasteiger partial charge in [-0.05, 0) is 23.8 Å². The number of hydrogen-bond acceptors (Lipinski definition) is 5. The van der Waals surface area contributed by atoms with Crippen LogP contribution in [0, 0.1) is 10.1 Å². The lowest BCUT2D eigenvalue weighted by molar-refractivity contribution is -0.385. The third kappa shape index (κ3) is 3.87. The van der Waals surface area contributed by atoms with Crippen molar-refractivity contribution in [3.63, 3.8) is 0 Å². The number of anilines is 1. The van der Waals surface area contributed by atoms with Gasteiger partial charge in [-0.3, -0.25) is 10.1 Å². The molecule has 0 saturated carbocycles. The summed E-state index contributed by atoms with van der Waals surface area (Å²) in [6.07, 6.45) is -3.59. The Hall–Kier alpha value is -2.68. The molecule has 1 saturated heterocycles. The van der Waals surface area contributed by atoms with Gasteiger partial charge in [-0.1, -0.05) is 12.1 Å². The molecule has 2 heterocycles. The summed E-state index contributed by atoms with van der Waals surface area (Å²) in [6.45, 7) is 1.32.